The molecule has 6 heteroatoms. The normalized spacial score (nSPS) is 14.6. The van der Waals surface area contributed by atoms with E-state index in [-0.39, 0.29) is 5.91 Å². The topological polar surface area (TPSA) is 86.8 Å². The first-order chi connectivity index (χ1) is 9.74. The molecule has 0 atom stereocenters. The summed E-state index contributed by atoms with van der Waals surface area (Å²) >= 11 is 0. The van der Waals surface area contributed by atoms with Crippen LogP contribution in [0.15, 0.2) is 28.3 Å². The molecule has 1 N–H and O–H groups in total. The maximum absolute atomic E-state index is 11.1. The summed E-state index contributed by atoms with van der Waals surface area (Å²) in [7, 11) is 0. The van der Waals surface area contributed by atoms with Gasteiger partial charge in [0, 0.05) is 12.8 Å². The van der Waals surface area contributed by atoms with Crippen molar-refractivity contribution in [2.75, 3.05) is 6.61 Å². The van der Waals surface area contributed by atoms with E-state index in [0.29, 0.717) is 30.7 Å². The van der Waals surface area contributed by atoms with E-state index < -0.39 is 0 Å². The van der Waals surface area contributed by atoms with Crippen LogP contribution in [0.25, 0.3) is 0 Å². The number of ether oxygens (including phenoxy) is 1. The highest BCUT2D eigenvalue weighted by atomic mass is 16.5. The van der Waals surface area contributed by atoms with Gasteiger partial charge in [-0.15, -0.1) is 0 Å². The van der Waals surface area contributed by atoms with E-state index in [1.54, 1.807) is 18.2 Å². The number of nitrogens with zero attached hydrogens (tertiary/aromatic N) is 3. The summed E-state index contributed by atoms with van der Waals surface area (Å²) in [5, 5.41) is 13.1. The van der Waals surface area contributed by atoms with Crippen molar-refractivity contribution in [3.05, 3.63) is 29.3 Å². The standard InChI is InChI=1S/C14H14N4O2/c1-2-20-9-16-13-7-10(3-4-11(13)8-15)12-5-6-14(19)18-17-12/h3-4,7,9H,2,5-6H2,1H3,(H,18,19)/b16-9+. The van der Waals surface area contributed by atoms with E-state index in [9.17, 15) is 4.79 Å². The van der Waals surface area contributed by atoms with Gasteiger partial charge in [0.15, 0.2) is 6.40 Å². The number of nitrogens with one attached hydrogen (secondary N) is 1. The molecule has 1 amide bonds. The van der Waals surface area contributed by atoms with Crippen LogP contribution in [-0.4, -0.2) is 24.6 Å². The molecule has 2 rings (SSSR count). The molecule has 1 aliphatic heterocycles. The van der Waals surface area contributed by atoms with Crippen LogP contribution in [0.1, 0.15) is 30.9 Å². The Labute approximate surface area is 116 Å². The highest BCUT2D eigenvalue weighted by Gasteiger charge is 2.14. The molecular formula is C14H14N4O2. The van der Waals surface area contributed by atoms with Crippen LogP contribution in [0.5, 0.6) is 0 Å². The summed E-state index contributed by atoms with van der Waals surface area (Å²) < 4.78 is 5.05. The second kappa shape index (κ2) is 6.48. The predicted molar refractivity (Wildman–Crippen MR) is 74.8 cm³/mol. The Morgan fingerprint density at radius 3 is 3.05 bits per heavy atom. The highest BCUT2D eigenvalue weighted by Crippen LogP contribution is 2.22. The van der Waals surface area contributed by atoms with Crippen LogP contribution in [-0.2, 0) is 9.53 Å². The largest absolute Gasteiger partial charge is 0.483 e. The fourth-order valence-corrected chi connectivity index (χ4v) is 1.76. The van der Waals surface area contributed by atoms with Crippen LogP contribution in [0.2, 0.25) is 0 Å². The Balaban J connectivity index is 2.30. The average molecular weight is 270 g/mol. The van der Waals surface area contributed by atoms with Crippen LogP contribution in [0.4, 0.5) is 5.69 Å². The number of hydrazone groups is 1. The van der Waals surface area contributed by atoms with Gasteiger partial charge in [-0.1, -0.05) is 6.07 Å². The third-order valence-electron chi connectivity index (χ3n) is 2.79. The van der Waals surface area contributed by atoms with Gasteiger partial charge in [-0.3, -0.25) is 4.79 Å². The molecule has 1 aromatic carbocycles. The lowest BCUT2D eigenvalue weighted by molar-refractivity contribution is -0.121. The van der Waals surface area contributed by atoms with E-state index in [1.807, 2.05) is 6.92 Å². The summed E-state index contributed by atoms with van der Waals surface area (Å²) in [5.41, 5.74) is 5.06. The van der Waals surface area contributed by atoms with Crippen LogP contribution < -0.4 is 5.43 Å². The molecule has 1 aliphatic rings. The minimum absolute atomic E-state index is 0.0861. The van der Waals surface area contributed by atoms with Crippen molar-refractivity contribution in [1.82, 2.24) is 5.43 Å². The molecule has 0 spiro atoms. The summed E-state index contributed by atoms with van der Waals surface area (Å²) in [6, 6.07) is 7.34. The van der Waals surface area contributed by atoms with Crippen molar-refractivity contribution < 1.29 is 9.53 Å². The molecule has 0 fully saturated rings. The Hall–Kier alpha value is -2.68. The Kier molecular flexibility index (Phi) is 4.45. The molecule has 0 saturated carbocycles. The van der Waals surface area contributed by atoms with Crippen molar-refractivity contribution in [2.24, 2.45) is 10.1 Å². The summed E-state index contributed by atoms with van der Waals surface area (Å²) in [6.45, 7) is 2.37. The maximum Gasteiger partial charge on any atom is 0.240 e. The number of aliphatic imine (C=N–C) groups is 1. The predicted octanol–water partition coefficient (Wildman–Crippen LogP) is 1.87. The highest BCUT2D eigenvalue weighted by molar-refractivity contribution is 6.04. The van der Waals surface area contributed by atoms with Crippen molar-refractivity contribution in [1.29, 1.82) is 5.26 Å². The molecule has 0 saturated heterocycles. The average Bonchev–Trinajstić information content (AvgIpc) is 2.48. The molecule has 0 aromatic heterocycles. The smallest absolute Gasteiger partial charge is 0.240 e. The fourth-order valence-electron chi connectivity index (χ4n) is 1.76. The zero-order valence-corrected chi connectivity index (χ0v) is 11.1. The molecular weight excluding hydrogens is 256 g/mol. The zero-order valence-electron chi connectivity index (χ0n) is 11.1. The Bertz CT molecular complexity index is 614. The van der Waals surface area contributed by atoms with Gasteiger partial charge in [0.05, 0.1) is 23.6 Å². The molecule has 0 aliphatic carbocycles. The van der Waals surface area contributed by atoms with Gasteiger partial charge in [-0.05, 0) is 24.6 Å². The molecule has 102 valence electrons. The summed E-state index contributed by atoms with van der Waals surface area (Å²) in [4.78, 5) is 15.2. The minimum Gasteiger partial charge on any atom is -0.483 e. The van der Waals surface area contributed by atoms with E-state index in [2.05, 4.69) is 21.6 Å². The first-order valence-corrected chi connectivity index (χ1v) is 6.28. The molecule has 0 radical (unpaired) electrons. The first-order valence-electron chi connectivity index (χ1n) is 6.28. The molecule has 6 nitrogen and oxygen atoms in total. The third-order valence-corrected chi connectivity index (χ3v) is 2.79. The second-order valence-corrected chi connectivity index (χ2v) is 4.13. The van der Waals surface area contributed by atoms with E-state index in [0.717, 1.165) is 11.3 Å². The lowest BCUT2D eigenvalue weighted by atomic mass is 10.0. The minimum atomic E-state index is -0.0861. The molecule has 1 heterocycles. The number of carbonyl (C=O) groups is 1. The number of rotatable bonds is 4. The third kappa shape index (κ3) is 3.20. The van der Waals surface area contributed by atoms with Crippen LogP contribution in [0, 0.1) is 11.3 Å². The monoisotopic (exact) mass is 270 g/mol. The zero-order chi connectivity index (χ0) is 14.4. The molecule has 1 aromatic rings. The van der Waals surface area contributed by atoms with Crippen molar-refractivity contribution in [3.8, 4) is 6.07 Å². The number of hydrogen-bond acceptors (Lipinski definition) is 5. The Morgan fingerprint density at radius 1 is 1.55 bits per heavy atom. The van der Waals surface area contributed by atoms with Crippen molar-refractivity contribution in [2.45, 2.75) is 19.8 Å². The maximum atomic E-state index is 11.1. The van der Waals surface area contributed by atoms with Gasteiger partial charge < -0.3 is 4.74 Å². The van der Waals surface area contributed by atoms with E-state index in [4.69, 9.17) is 10.00 Å². The number of amides is 1. The van der Waals surface area contributed by atoms with Gasteiger partial charge >= 0.3 is 0 Å². The SMILES string of the molecule is CCO/C=N/c1cc(C2=NNC(=O)CC2)ccc1C#N. The summed E-state index contributed by atoms with van der Waals surface area (Å²) in [5.74, 6) is -0.0861. The van der Waals surface area contributed by atoms with E-state index in [1.165, 1.54) is 6.40 Å². The van der Waals surface area contributed by atoms with Gasteiger partial charge in [0.2, 0.25) is 5.91 Å². The number of nitriles is 1. The fraction of sp³-hybridized carbons (Fsp3) is 0.286. The van der Waals surface area contributed by atoms with Crippen LogP contribution >= 0.6 is 0 Å². The lowest BCUT2D eigenvalue weighted by Crippen LogP contribution is -2.25. The molecule has 20 heavy (non-hydrogen) atoms. The Morgan fingerprint density at radius 2 is 2.40 bits per heavy atom. The number of carbonyl (C=O) groups excluding carboxylic acids is 1. The quantitative estimate of drug-likeness (QED) is 0.669. The van der Waals surface area contributed by atoms with E-state index >= 15 is 0 Å². The van der Waals surface area contributed by atoms with Crippen molar-refractivity contribution in [3.63, 3.8) is 0 Å². The number of benzene rings is 1. The number of hydrogen-bond donors (Lipinski definition) is 1. The second-order valence-electron chi connectivity index (χ2n) is 4.13. The molecule has 0 unspecified atom stereocenters. The molecule has 0 bridgehead atoms. The van der Waals surface area contributed by atoms with Gasteiger partial charge in [-0.25, -0.2) is 10.4 Å². The lowest BCUT2D eigenvalue weighted by Gasteiger charge is -2.12. The first kappa shape index (κ1) is 13.7. The van der Waals surface area contributed by atoms with Crippen molar-refractivity contribution >= 4 is 23.7 Å². The van der Waals surface area contributed by atoms with Gasteiger partial charge in [-0.2, -0.15) is 10.4 Å². The van der Waals surface area contributed by atoms with Gasteiger partial charge in [0.25, 0.3) is 0 Å². The van der Waals surface area contributed by atoms with Crippen LogP contribution in [0.3, 0.4) is 0 Å². The van der Waals surface area contributed by atoms with Gasteiger partial charge in [0.1, 0.15) is 6.07 Å². The summed E-state index contributed by atoms with van der Waals surface area (Å²) in [6.07, 6.45) is 2.31.